The van der Waals surface area contributed by atoms with Crippen LogP contribution in [0.5, 0.6) is 0 Å². The van der Waals surface area contributed by atoms with Gasteiger partial charge in [-0.05, 0) is 18.8 Å². The van der Waals surface area contributed by atoms with Crippen molar-refractivity contribution in [2.75, 3.05) is 7.05 Å². The number of sulfonamides is 1. The van der Waals surface area contributed by atoms with Gasteiger partial charge in [0, 0.05) is 19.5 Å². The molecule has 0 bridgehead atoms. The molecule has 1 fully saturated rings. The van der Waals surface area contributed by atoms with E-state index in [0.29, 0.717) is 18.2 Å². The minimum Gasteiger partial charge on any atom is -0.332 e. The Hall–Kier alpha value is -0.880. The topological polar surface area (TPSA) is 66.1 Å². The van der Waals surface area contributed by atoms with E-state index in [1.807, 2.05) is 6.92 Å². The molecule has 2 unspecified atom stereocenters. The number of aryl methyl sites for hydroxylation is 1. The van der Waals surface area contributed by atoms with E-state index < -0.39 is 10.0 Å². The predicted octanol–water partition coefficient (Wildman–Crippen LogP) is 2.17. The van der Waals surface area contributed by atoms with Gasteiger partial charge in [-0.1, -0.05) is 26.7 Å². The maximum Gasteiger partial charge on any atom is 0.260 e. The predicted molar refractivity (Wildman–Crippen MR) is 74.3 cm³/mol. The first kappa shape index (κ1) is 14.5. The maximum absolute atomic E-state index is 12.5. The lowest BCUT2D eigenvalue weighted by Gasteiger charge is -2.32. The molecule has 0 aromatic carbocycles. The van der Waals surface area contributed by atoms with Gasteiger partial charge >= 0.3 is 0 Å². The van der Waals surface area contributed by atoms with Crippen molar-refractivity contribution in [3.63, 3.8) is 0 Å². The molecule has 1 aromatic rings. The summed E-state index contributed by atoms with van der Waals surface area (Å²) in [5, 5.41) is 0.213. The van der Waals surface area contributed by atoms with Crippen LogP contribution in [-0.2, 0) is 16.4 Å². The van der Waals surface area contributed by atoms with Crippen molar-refractivity contribution in [1.82, 2.24) is 14.3 Å². The Balaban J connectivity index is 2.18. The average Bonchev–Trinajstić information content (AvgIpc) is 2.87. The zero-order valence-electron chi connectivity index (χ0n) is 11.9. The van der Waals surface area contributed by atoms with Crippen molar-refractivity contribution >= 4 is 10.0 Å². The number of aromatic amines is 1. The number of H-pyrrole nitrogens is 1. The van der Waals surface area contributed by atoms with Gasteiger partial charge in [0.25, 0.3) is 10.0 Å². The number of hydrogen-bond acceptors (Lipinski definition) is 3. The van der Waals surface area contributed by atoms with Gasteiger partial charge < -0.3 is 4.98 Å². The second kappa shape index (κ2) is 5.63. The Morgan fingerprint density at radius 3 is 2.79 bits per heavy atom. The van der Waals surface area contributed by atoms with Gasteiger partial charge in [-0.15, -0.1) is 0 Å². The molecule has 1 aliphatic rings. The fourth-order valence-electron chi connectivity index (χ4n) is 2.74. The Morgan fingerprint density at radius 1 is 1.47 bits per heavy atom. The fraction of sp³-hybridized carbons (Fsp3) is 0.769. The van der Waals surface area contributed by atoms with Crippen LogP contribution in [0.4, 0.5) is 0 Å². The minimum absolute atomic E-state index is 0.113. The highest BCUT2D eigenvalue weighted by molar-refractivity contribution is 7.89. The van der Waals surface area contributed by atoms with E-state index in [0.717, 1.165) is 19.3 Å². The van der Waals surface area contributed by atoms with E-state index in [4.69, 9.17) is 0 Å². The van der Waals surface area contributed by atoms with Crippen molar-refractivity contribution in [2.45, 2.75) is 57.0 Å². The van der Waals surface area contributed by atoms with Crippen molar-refractivity contribution in [3.05, 3.63) is 12.0 Å². The fourth-order valence-corrected chi connectivity index (χ4v) is 4.06. The van der Waals surface area contributed by atoms with Crippen LogP contribution in [0, 0.1) is 5.92 Å². The first-order chi connectivity index (χ1) is 8.95. The highest BCUT2D eigenvalue weighted by Crippen LogP contribution is 2.29. The lowest BCUT2D eigenvalue weighted by molar-refractivity contribution is 0.238. The molecule has 0 radical (unpaired) electrons. The van der Waals surface area contributed by atoms with E-state index in [2.05, 4.69) is 16.9 Å². The summed E-state index contributed by atoms with van der Waals surface area (Å²) in [6, 6.07) is 0.113. The summed E-state index contributed by atoms with van der Waals surface area (Å²) < 4.78 is 26.6. The molecule has 5 nitrogen and oxygen atoms in total. The summed E-state index contributed by atoms with van der Waals surface area (Å²) in [6.45, 7) is 4.14. The van der Waals surface area contributed by atoms with Gasteiger partial charge in [0.15, 0.2) is 5.03 Å². The van der Waals surface area contributed by atoms with Crippen molar-refractivity contribution in [1.29, 1.82) is 0 Å². The Labute approximate surface area is 115 Å². The molecule has 1 saturated carbocycles. The van der Waals surface area contributed by atoms with Crippen LogP contribution in [0.25, 0.3) is 0 Å². The summed E-state index contributed by atoms with van der Waals surface area (Å²) in [4.78, 5) is 6.98. The first-order valence-electron chi connectivity index (χ1n) is 6.97. The molecule has 108 valence electrons. The Morgan fingerprint density at radius 2 is 2.21 bits per heavy atom. The molecule has 6 heteroatoms. The Bertz CT molecular complexity index is 524. The molecular weight excluding hydrogens is 262 g/mol. The van der Waals surface area contributed by atoms with Gasteiger partial charge in [0.05, 0.1) is 6.20 Å². The van der Waals surface area contributed by atoms with Gasteiger partial charge in [-0.3, -0.25) is 0 Å². The molecule has 1 N–H and O–H groups in total. The summed E-state index contributed by atoms with van der Waals surface area (Å²) >= 11 is 0. The van der Waals surface area contributed by atoms with E-state index in [1.165, 1.54) is 16.9 Å². The van der Waals surface area contributed by atoms with Crippen LogP contribution < -0.4 is 0 Å². The summed E-state index contributed by atoms with van der Waals surface area (Å²) in [5.74, 6) is 1.31. The molecule has 0 aliphatic heterocycles. The molecule has 2 atom stereocenters. The van der Waals surface area contributed by atoms with Crippen LogP contribution in [0.15, 0.2) is 11.2 Å². The molecule has 1 aliphatic carbocycles. The third-order valence-electron chi connectivity index (χ3n) is 4.02. The standard InChI is InChI=1S/C13H23N3O2S/c1-4-12-14-9-13(15-12)19(17,18)16(3)11-7-5-6-10(2)8-11/h9-11H,4-8H2,1-3H3,(H,14,15). The molecule has 2 rings (SSSR count). The lowest BCUT2D eigenvalue weighted by Crippen LogP contribution is -2.39. The largest absolute Gasteiger partial charge is 0.332 e. The van der Waals surface area contributed by atoms with Crippen molar-refractivity contribution in [3.8, 4) is 0 Å². The summed E-state index contributed by atoms with van der Waals surface area (Å²) in [7, 11) is -1.75. The van der Waals surface area contributed by atoms with E-state index in [9.17, 15) is 8.42 Å². The second-order valence-electron chi connectivity index (χ2n) is 5.49. The number of nitrogens with one attached hydrogen (secondary N) is 1. The van der Waals surface area contributed by atoms with Gasteiger partial charge in [0.2, 0.25) is 0 Å². The minimum atomic E-state index is -3.44. The maximum atomic E-state index is 12.5. The first-order valence-corrected chi connectivity index (χ1v) is 8.41. The number of rotatable bonds is 4. The number of aromatic nitrogens is 2. The molecule has 0 spiro atoms. The molecule has 19 heavy (non-hydrogen) atoms. The highest BCUT2D eigenvalue weighted by Gasteiger charge is 2.32. The van der Waals surface area contributed by atoms with Crippen molar-refractivity contribution < 1.29 is 8.42 Å². The van der Waals surface area contributed by atoms with Gasteiger partial charge in [-0.25, -0.2) is 13.4 Å². The highest BCUT2D eigenvalue weighted by atomic mass is 32.2. The molecule has 0 amide bonds. The van der Waals surface area contributed by atoms with Crippen LogP contribution >= 0.6 is 0 Å². The second-order valence-corrected chi connectivity index (χ2v) is 7.46. The van der Waals surface area contributed by atoms with E-state index >= 15 is 0 Å². The van der Waals surface area contributed by atoms with E-state index in [1.54, 1.807) is 7.05 Å². The van der Waals surface area contributed by atoms with Crippen molar-refractivity contribution in [2.24, 2.45) is 5.92 Å². The van der Waals surface area contributed by atoms with Crippen LogP contribution in [-0.4, -0.2) is 35.8 Å². The lowest BCUT2D eigenvalue weighted by atomic mass is 9.87. The quantitative estimate of drug-likeness (QED) is 0.922. The third kappa shape index (κ3) is 3.00. The van der Waals surface area contributed by atoms with E-state index in [-0.39, 0.29) is 11.1 Å². The third-order valence-corrected chi connectivity index (χ3v) is 5.84. The Kier molecular flexibility index (Phi) is 4.30. The summed E-state index contributed by atoms with van der Waals surface area (Å²) in [5.41, 5.74) is 0. The zero-order chi connectivity index (χ0) is 14.0. The normalized spacial score (nSPS) is 24.8. The molecular formula is C13H23N3O2S. The zero-order valence-corrected chi connectivity index (χ0v) is 12.7. The number of hydrogen-bond donors (Lipinski definition) is 1. The van der Waals surface area contributed by atoms with Crippen LogP contribution in [0.2, 0.25) is 0 Å². The SMILES string of the molecule is CCc1ncc(S(=O)(=O)N(C)C2CCCC(C)C2)[nH]1. The van der Waals surface area contributed by atoms with Crippen LogP contribution in [0.1, 0.15) is 45.4 Å². The van der Waals surface area contributed by atoms with Gasteiger partial charge in [0.1, 0.15) is 5.82 Å². The molecule has 1 heterocycles. The summed E-state index contributed by atoms with van der Waals surface area (Å²) in [6.07, 6.45) is 6.35. The number of imidazole rings is 1. The monoisotopic (exact) mass is 285 g/mol. The van der Waals surface area contributed by atoms with Gasteiger partial charge in [-0.2, -0.15) is 4.31 Å². The number of nitrogens with zero attached hydrogens (tertiary/aromatic N) is 2. The smallest absolute Gasteiger partial charge is 0.260 e. The van der Waals surface area contributed by atoms with Crippen LogP contribution in [0.3, 0.4) is 0 Å². The molecule has 1 aromatic heterocycles. The average molecular weight is 285 g/mol. The molecule has 0 saturated heterocycles.